The van der Waals surface area contributed by atoms with Gasteiger partial charge in [0.05, 0.1) is 6.20 Å². The molecule has 3 rings (SSSR count). The molecule has 1 aliphatic rings. The van der Waals surface area contributed by atoms with E-state index >= 15 is 0 Å². The van der Waals surface area contributed by atoms with Gasteiger partial charge in [0.25, 0.3) is 11.5 Å². The molecular weight excluding hydrogens is 464 g/mol. The van der Waals surface area contributed by atoms with Gasteiger partial charge < -0.3 is 10.1 Å². The third-order valence-electron chi connectivity index (χ3n) is 4.99. The number of carbonyl (C=O) groups is 1. The van der Waals surface area contributed by atoms with Crippen LogP contribution in [0.1, 0.15) is 66.3 Å². The number of hydrogen-bond acceptors (Lipinski definition) is 7. The van der Waals surface area contributed by atoms with Crippen LogP contribution in [0.2, 0.25) is 0 Å². The highest BCUT2D eigenvalue weighted by Gasteiger charge is 2.24. The first-order valence-electron chi connectivity index (χ1n) is 10.5. The number of ether oxygens (including phenoxy) is 1. The van der Waals surface area contributed by atoms with Crippen LogP contribution in [0.15, 0.2) is 20.6 Å². The largest absolute Gasteiger partial charge is 0.444 e. The molecule has 168 valence electrons. The van der Waals surface area contributed by atoms with Crippen molar-refractivity contribution in [3.8, 4) is 0 Å². The summed E-state index contributed by atoms with van der Waals surface area (Å²) in [5.74, 6) is 0.589. The SMILES string of the molecule is CC(C)n1c(=O)c(Br)nc2cnc(N=CC3CCC(NC(=O)OC(C)(C)C)CC3)nc21. The van der Waals surface area contributed by atoms with E-state index in [4.69, 9.17) is 4.74 Å². The van der Waals surface area contributed by atoms with E-state index in [2.05, 4.69) is 41.2 Å². The minimum atomic E-state index is -0.500. The average Bonchev–Trinajstić information content (AvgIpc) is 2.66. The molecule has 2 aromatic heterocycles. The average molecular weight is 493 g/mol. The van der Waals surface area contributed by atoms with Gasteiger partial charge in [0.1, 0.15) is 11.1 Å². The van der Waals surface area contributed by atoms with Crippen molar-refractivity contribution in [1.29, 1.82) is 0 Å². The second-order valence-electron chi connectivity index (χ2n) is 9.09. The predicted molar refractivity (Wildman–Crippen MR) is 123 cm³/mol. The van der Waals surface area contributed by atoms with Gasteiger partial charge in [-0.1, -0.05) is 0 Å². The van der Waals surface area contributed by atoms with Gasteiger partial charge in [-0.3, -0.25) is 9.36 Å². The van der Waals surface area contributed by atoms with Crippen LogP contribution in [-0.2, 0) is 4.74 Å². The molecule has 0 atom stereocenters. The molecule has 1 fully saturated rings. The number of halogens is 1. The number of aromatic nitrogens is 4. The van der Waals surface area contributed by atoms with E-state index in [9.17, 15) is 9.59 Å². The van der Waals surface area contributed by atoms with Crippen LogP contribution in [0.25, 0.3) is 11.2 Å². The first kappa shape index (κ1) is 23.3. The molecular formula is C21H29BrN6O3. The van der Waals surface area contributed by atoms with Gasteiger partial charge in [-0.2, -0.15) is 4.98 Å². The number of aliphatic imine (C=N–C) groups is 1. The first-order valence-corrected chi connectivity index (χ1v) is 11.3. The highest BCUT2D eigenvalue weighted by molar-refractivity contribution is 9.10. The van der Waals surface area contributed by atoms with Crippen LogP contribution >= 0.6 is 15.9 Å². The summed E-state index contributed by atoms with van der Waals surface area (Å²) in [5.41, 5.74) is 0.273. The van der Waals surface area contributed by atoms with E-state index in [1.165, 1.54) is 0 Å². The molecule has 1 aliphatic carbocycles. The number of alkyl carbamates (subject to hydrolysis) is 1. The summed E-state index contributed by atoms with van der Waals surface area (Å²) in [4.78, 5) is 41.8. The van der Waals surface area contributed by atoms with Crippen LogP contribution in [0.3, 0.4) is 0 Å². The van der Waals surface area contributed by atoms with Crippen molar-refractivity contribution in [2.45, 2.75) is 78.0 Å². The van der Waals surface area contributed by atoms with Crippen molar-refractivity contribution in [3.05, 3.63) is 21.2 Å². The molecule has 1 N–H and O–H groups in total. The zero-order chi connectivity index (χ0) is 22.8. The van der Waals surface area contributed by atoms with Gasteiger partial charge in [-0.15, -0.1) is 0 Å². The van der Waals surface area contributed by atoms with Crippen LogP contribution in [0.4, 0.5) is 10.7 Å². The Morgan fingerprint density at radius 1 is 1.29 bits per heavy atom. The maximum Gasteiger partial charge on any atom is 0.407 e. The minimum absolute atomic E-state index is 0.0752. The van der Waals surface area contributed by atoms with Crippen LogP contribution < -0.4 is 10.9 Å². The Balaban J connectivity index is 1.65. The number of hydrogen-bond donors (Lipinski definition) is 1. The molecule has 10 heteroatoms. The van der Waals surface area contributed by atoms with Gasteiger partial charge in [0, 0.05) is 18.3 Å². The Hall–Kier alpha value is -2.36. The molecule has 0 spiro atoms. The summed E-state index contributed by atoms with van der Waals surface area (Å²) in [7, 11) is 0. The van der Waals surface area contributed by atoms with E-state index in [1.807, 2.05) is 40.8 Å². The summed E-state index contributed by atoms with van der Waals surface area (Å²) >= 11 is 3.21. The van der Waals surface area contributed by atoms with E-state index in [-0.39, 0.29) is 34.3 Å². The highest BCUT2D eigenvalue weighted by atomic mass is 79.9. The first-order chi connectivity index (χ1) is 14.5. The molecule has 0 bridgehead atoms. The van der Waals surface area contributed by atoms with E-state index in [0.717, 1.165) is 25.7 Å². The van der Waals surface area contributed by atoms with Crippen molar-refractivity contribution in [3.63, 3.8) is 0 Å². The van der Waals surface area contributed by atoms with Gasteiger partial charge in [0.15, 0.2) is 10.3 Å². The second-order valence-corrected chi connectivity index (χ2v) is 9.84. The molecule has 2 heterocycles. The lowest BCUT2D eigenvalue weighted by Gasteiger charge is -2.28. The van der Waals surface area contributed by atoms with Crippen LogP contribution in [0.5, 0.6) is 0 Å². The van der Waals surface area contributed by atoms with Crippen molar-refractivity contribution < 1.29 is 9.53 Å². The fraction of sp³-hybridized carbons (Fsp3) is 0.619. The standard InChI is InChI=1S/C21H29BrN6O3/c1-12(2)28-17-15(26-16(22)18(28)29)11-24-19(27-17)23-10-13-6-8-14(9-7-13)25-20(30)31-21(3,4)5/h10-14H,6-9H2,1-5H3,(H,25,30). The van der Waals surface area contributed by atoms with Crippen molar-refractivity contribution in [2.75, 3.05) is 0 Å². The number of nitrogens with zero attached hydrogens (tertiary/aromatic N) is 5. The molecule has 1 amide bonds. The smallest absolute Gasteiger partial charge is 0.407 e. The van der Waals surface area contributed by atoms with Crippen LogP contribution in [0, 0.1) is 5.92 Å². The fourth-order valence-electron chi connectivity index (χ4n) is 3.56. The Bertz CT molecular complexity index is 1040. The Labute approximate surface area is 189 Å². The van der Waals surface area contributed by atoms with Gasteiger partial charge in [0.2, 0.25) is 0 Å². The summed E-state index contributed by atoms with van der Waals surface area (Å²) in [6, 6.07) is 0.0372. The molecule has 9 nitrogen and oxygen atoms in total. The summed E-state index contributed by atoms with van der Waals surface area (Å²) in [6.45, 7) is 9.39. The zero-order valence-corrected chi connectivity index (χ0v) is 20.1. The zero-order valence-electron chi connectivity index (χ0n) is 18.6. The van der Waals surface area contributed by atoms with E-state index in [1.54, 1.807) is 10.8 Å². The number of carbonyl (C=O) groups excluding carboxylic acids is 1. The summed E-state index contributed by atoms with van der Waals surface area (Å²) in [5, 5.41) is 2.94. The summed E-state index contributed by atoms with van der Waals surface area (Å²) < 4.78 is 7.15. The molecule has 0 saturated heterocycles. The molecule has 31 heavy (non-hydrogen) atoms. The molecule has 0 aromatic carbocycles. The fourth-order valence-corrected chi connectivity index (χ4v) is 3.95. The number of amides is 1. The van der Waals surface area contributed by atoms with Crippen molar-refractivity contribution >= 4 is 45.4 Å². The van der Waals surface area contributed by atoms with Crippen molar-refractivity contribution in [2.24, 2.45) is 10.9 Å². The summed E-state index contributed by atoms with van der Waals surface area (Å²) in [6.07, 6.45) is 6.62. The second kappa shape index (κ2) is 9.42. The molecule has 2 aromatic rings. The molecule has 0 radical (unpaired) electrons. The maximum absolute atomic E-state index is 12.4. The van der Waals surface area contributed by atoms with Gasteiger partial charge >= 0.3 is 6.09 Å². The topological polar surface area (TPSA) is 111 Å². The lowest BCUT2D eigenvalue weighted by molar-refractivity contribution is 0.0491. The number of fused-ring (bicyclic) bond motifs is 1. The van der Waals surface area contributed by atoms with Gasteiger partial charge in [-0.05, 0) is 82.1 Å². The molecule has 1 saturated carbocycles. The quantitative estimate of drug-likeness (QED) is 0.636. The van der Waals surface area contributed by atoms with Crippen molar-refractivity contribution in [1.82, 2.24) is 24.8 Å². The maximum atomic E-state index is 12.4. The monoisotopic (exact) mass is 492 g/mol. The Kier molecular flexibility index (Phi) is 7.08. The van der Waals surface area contributed by atoms with Gasteiger partial charge in [-0.25, -0.2) is 19.8 Å². The highest BCUT2D eigenvalue weighted by Crippen LogP contribution is 2.24. The number of nitrogens with one attached hydrogen (secondary N) is 1. The number of rotatable bonds is 4. The Morgan fingerprint density at radius 2 is 1.97 bits per heavy atom. The lowest BCUT2D eigenvalue weighted by atomic mass is 9.87. The third-order valence-corrected chi connectivity index (χ3v) is 5.51. The predicted octanol–water partition coefficient (Wildman–Crippen LogP) is 4.32. The van der Waals surface area contributed by atoms with E-state index in [0.29, 0.717) is 17.1 Å². The molecule has 0 unspecified atom stereocenters. The Morgan fingerprint density at radius 3 is 2.58 bits per heavy atom. The third kappa shape index (κ3) is 6.09. The normalized spacial score (nSPS) is 19.8. The van der Waals surface area contributed by atoms with Crippen LogP contribution in [-0.4, -0.2) is 43.5 Å². The van der Waals surface area contributed by atoms with E-state index < -0.39 is 5.60 Å². The minimum Gasteiger partial charge on any atom is -0.444 e. The lowest BCUT2D eigenvalue weighted by Crippen LogP contribution is -2.41. The molecule has 0 aliphatic heterocycles.